The van der Waals surface area contributed by atoms with Crippen LogP contribution in [0.5, 0.6) is 11.5 Å². The highest BCUT2D eigenvalue weighted by Crippen LogP contribution is 2.37. The van der Waals surface area contributed by atoms with Gasteiger partial charge in [0.1, 0.15) is 17.5 Å². The molecule has 8 heteroatoms. The molecule has 1 unspecified atom stereocenters. The largest absolute Gasteiger partial charge is 0.507 e. The van der Waals surface area contributed by atoms with Crippen molar-refractivity contribution in [2.45, 2.75) is 26.3 Å². The number of amides is 1. The van der Waals surface area contributed by atoms with Gasteiger partial charge < -0.3 is 20.6 Å². The molecule has 0 aromatic heterocycles. The Bertz CT molecular complexity index is 1060. The zero-order valence-corrected chi connectivity index (χ0v) is 15.7. The first kappa shape index (κ1) is 20.1. The predicted molar refractivity (Wildman–Crippen MR) is 101 cm³/mol. The van der Waals surface area contributed by atoms with Gasteiger partial charge in [-0.15, -0.1) is 0 Å². The van der Waals surface area contributed by atoms with Gasteiger partial charge in [-0.25, -0.2) is 4.79 Å². The number of nitrogens with one attached hydrogen (secondary N) is 1. The highest BCUT2D eigenvalue weighted by atomic mass is 16.4. The van der Waals surface area contributed by atoms with Crippen LogP contribution in [0.3, 0.4) is 0 Å². The van der Waals surface area contributed by atoms with E-state index in [-0.39, 0.29) is 45.9 Å². The van der Waals surface area contributed by atoms with Crippen LogP contribution in [0.4, 0.5) is 0 Å². The molecule has 4 N–H and O–H groups in total. The molecule has 8 nitrogen and oxygen atoms in total. The fourth-order valence-electron chi connectivity index (χ4n) is 3.35. The van der Waals surface area contributed by atoms with E-state index in [1.165, 1.54) is 18.2 Å². The van der Waals surface area contributed by atoms with Crippen molar-refractivity contribution in [2.75, 3.05) is 0 Å². The number of rotatable bonds is 5. The number of hydrogen-bond donors (Lipinski definition) is 4. The van der Waals surface area contributed by atoms with Crippen LogP contribution in [-0.4, -0.2) is 44.8 Å². The summed E-state index contributed by atoms with van der Waals surface area (Å²) in [6.07, 6.45) is 0.196. The van der Waals surface area contributed by atoms with Gasteiger partial charge in [0.05, 0.1) is 11.1 Å². The lowest BCUT2D eigenvalue weighted by atomic mass is 9.82. The Hall–Kier alpha value is -3.68. The molecule has 150 valence electrons. The van der Waals surface area contributed by atoms with Crippen molar-refractivity contribution >= 4 is 23.4 Å². The standard InChI is InChI=1S/C21H19NO7/c1-9(2)6-13(21(28)29)22-20(27)10-7-12-17(15(24)8-10)19(26)16-11(18(12)25)4-3-5-14(16)23/h3-5,7-9,13,23-24H,6H2,1-2H3,(H,22,27)(H,28,29). The predicted octanol–water partition coefficient (Wildman–Crippen LogP) is 2.10. The molecule has 0 saturated heterocycles. The Labute approximate surface area is 165 Å². The third kappa shape index (κ3) is 3.56. The summed E-state index contributed by atoms with van der Waals surface area (Å²) in [5.41, 5.74) is -0.893. The Morgan fingerprint density at radius 2 is 1.62 bits per heavy atom. The second-order valence-corrected chi connectivity index (χ2v) is 7.27. The van der Waals surface area contributed by atoms with Crippen LogP contribution < -0.4 is 5.32 Å². The van der Waals surface area contributed by atoms with Crippen molar-refractivity contribution < 1.29 is 34.5 Å². The Kier molecular flexibility index (Phi) is 5.11. The third-order valence-corrected chi connectivity index (χ3v) is 4.68. The number of phenolic OH excluding ortho intramolecular Hbond substituents is 2. The van der Waals surface area contributed by atoms with Crippen LogP contribution in [0.2, 0.25) is 0 Å². The molecule has 1 atom stereocenters. The molecule has 1 amide bonds. The quantitative estimate of drug-likeness (QED) is 0.517. The number of fused-ring (bicyclic) bond motifs is 2. The first-order valence-corrected chi connectivity index (χ1v) is 8.93. The molecule has 0 heterocycles. The van der Waals surface area contributed by atoms with E-state index in [9.17, 15) is 34.5 Å². The van der Waals surface area contributed by atoms with Gasteiger partial charge in [-0.3, -0.25) is 14.4 Å². The molecule has 2 aromatic carbocycles. The fourth-order valence-corrected chi connectivity index (χ4v) is 3.35. The molecule has 3 rings (SSSR count). The maximum Gasteiger partial charge on any atom is 0.326 e. The number of hydrogen-bond acceptors (Lipinski definition) is 6. The molecule has 29 heavy (non-hydrogen) atoms. The van der Waals surface area contributed by atoms with Crippen LogP contribution in [-0.2, 0) is 4.79 Å². The summed E-state index contributed by atoms with van der Waals surface area (Å²) in [5.74, 6) is -4.34. The minimum Gasteiger partial charge on any atom is -0.507 e. The van der Waals surface area contributed by atoms with Gasteiger partial charge in [-0.05, 0) is 30.5 Å². The second kappa shape index (κ2) is 7.38. The summed E-state index contributed by atoms with van der Waals surface area (Å²) in [4.78, 5) is 49.4. The van der Waals surface area contributed by atoms with Gasteiger partial charge in [0.15, 0.2) is 5.78 Å². The Morgan fingerprint density at radius 3 is 2.24 bits per heavy atom. The average molecular weight is 397 g/mol. The van der Waals surface area contributed by atoms with E-state index in [1.54, 1.807) is 0 Å². The topological polar surface area (TPSA) is 141 Å². The lowest BCUT2D eigenvalue weighted by molar-refractivity contribution is -0.139. The Balaban J connectivity index is 2.02. The molecule has 0 radical (unpaired) electrons. The molecule has 0 saturated carbocycles. The SMILES string of the molecule is CC(C)CC(NC(=O)c1cc(O)c2c(c1)C(=O)c1cccc(O)c1C2=O)C(=O)O. The zero-order chi connectivity index (χ0) is 21.5. The van der Waals surface area contributed by atoms with Crippen molar-refractivity contribution in [1.82, 2.24) is 5.32 Å². The number of aliphatic carboxylic acids is 1. The van der Waals surface area contributed by atoms with E-state index in [2.05, 4.69) is 5.32 Å². The van der Waals surface area contributed by atoms with Gasteiger partial charge in [0.25, 0.3) is 5.91 Å². The summed E-state index contributed by atoms with van der Waals surface area (Å²) < 4.78 is 0. The smallest absolute Gasteiger partial charge is 0.326 e. The van der Waals surface area contributed by atoms with Crippen molar-refractivity contribution in [3.8, 4) is 11.5 Å². The lowest BCUT2D eigenvalue weighted by Crippen LogP contribution is -2.41. The van der Waals surface area contributed by atoms with Crippen molar-refractivity contribution in [2.24, 2.45) is 5.92 Å². The van der Waals surface area contributed by atoms with Crippen molar-refractivity contribution in [3.05, 3.63) is 58.1 Å². The van der Waals surface area contributed by atoms with Crippen LogP contribution in [0.15, 0.2) is 30.3 Å². The van der Waals surface area contributed by atoms with Gasteiger partial charge >= 0.3 is 5.97 Å². The van der Waals surface area contributed by atoms with E-state index in [0.717, 1.165) is 12.1 Å². The number of ketones is 2. The van der Waals surface area contributed by atoms with Gasteiger partial charge in [-0.2, -0.15) is 0 Å². The van der Waals surface area contributed by atoms with Crippen LogP contribution in [0.25, 0.3) is 0 Å². The first-order valence-electron chi connectivity index (χ1n) is 8.93. The highest BCUT2D eigenvalue weighted by molar-refractivity contribution is 6.30. The van der Waals surface area contributed by atoms with Crippen molar-refractivity contribution in [3.63, 3.8) is 0 Å². The van der Waals surface area contributed by atoms with Gasteiger partial charge in [0.2, 0.25) is 5.78 Å². The number of aromatic hydroxyl groups is 2. The van der Waals surface area contributed by atoms with Crippen molar-refractivity contribution in [1.29, 1.82) is 0 Å². The zero-order valence-electron chi connectivity index (χ0n) is 15.7. The van der Waals surface area contributed by atoms with Crippen LogP contribution >= 0.6 is 0 Å². The molecular weight excluding hydrogens is 378 g/mol. The molecule has 0 bridgehead atoms. The molecule has 0 fully saturated rings. The van der Waals surface area contributed by atoms with E-state index >= 15 is 0 Å². The van der Waals surface area contributed by atoms with E-state index in [0.29, 0.717) is 0 Å². The van der Waals surface area contributed by atoms with Crippen LogP contribution in [0, 0.1) is 5.92 Å². The van der Waals surface area contributed by atoms with E-state index < -0.39 is 35.2 Å². The summed E-state index contributed by atoms with van der Waals surface area (Å²) in [5, 5.41) is 31.9. The van der Waals surface area contributed by atoms with Gasteiger partial charge in [0, 0.05) is 16.7 Å². The van der Waals surface area contributed by atoms with E-state index in [1.807, 2.05) is 13.8 Å². The van der Waals surface area contributed by atoms with Gasteiger partial charge in [-0.1, -0.05) is 26.0 Å². The molecule has 1 aliphatic rings. The maximum atomic E-state index is 12.8. The minimum absolute atomic E-state index is 0.0108. The summed E-state index contributed by atoms with van der Waals surface area (Å²) in [7, 11) is 0. The van der Waals surface area contributed by atoms with E-state index in [4.69, 9.17) is 0 Å². The molecule has 0 spiro atoms. The maximum absolute atomic E-state index is 12.8. The summed E-state index contributed by atoms with van der Waals surface area (Å²) >= 11 is 0. The number of carbonyl (C=O) groups is 4. The fraction of sp³-hybridized carbons (Fsp3) is 0.238. The highest BCUT2D eigenvalue weighted by Gasteiger charge is 2.35. The minimum atomic E-state index is -1.20. The summed E-state index contributed by atoms with van der Waals surface area (Å²) in [6.45, 7) is 3.62. The monoisotopic (exact) mass is 397 g/mol. The average Bonchev–Trinajstić information content (AvgIpc) is 2.64. The second-order valence-electron chi connectivity index (χ2n) is 7.27. The number of benzene rings is 2. The number of carboxylic acid groups (broad SMARTS) is 1. The number of carbonyl (C=O) groups excluding carboxylic acids is 3. The van der Waals surface area contributed by atoms with Crippen LogP contribution in [0.1, 0.15) is 62.5 Å². The lowest BCUT2D eigenvalue weighted by Gasteiger charge is -2.21. The molecule has 1 aliphatic carbocycles. The number of carboxylic acids is 1. The Morgan fingerprint density at radius 1 is 0.966 bits per heavy atom. The molecular formula is C21H19NO7. The first-order chi connectivity index (χ1) is 13.6. The summed E-state index contributed by atoms with van der Waals surface area (Å²) in [6, 6.07) is 5.03. The number of phenols is 2. The normalized spacial score (nSPS) is 13.6. The third-order valence-electron chi connectivity index (χ3n) is 4.68. The molecule has 2 aromatic rings. The molecule has 0 aliphatic heterocycles.